The molecular weight excluding hydrogens is 357 g/mol. The minimum Gasteiger partial charge on any atom is -0.766 e. The molecular formula is C12H8F3N2O6S-. The number of ether oxygens (including phenoxy) is 1. The van der Waals surface area contributed by atoms with Gasteiger partial charge < -0.3 is 14.2 Å². The van der Waals surface area contributed by atoms with Crippen molar-refractivity contribution >= 4 is 28.9 Å². The molecule has 1 aliphatic heterocycles. The van der Waals surface area contributed by atoms with Gasteiger partial charge in [0.2, 0.25) is 6.41 Å². The second-order valence-corrected chi connectivity index (χ2v) is 5.38. The molecule has 2 rings (SSSR count). The average molecular weight is 365 g/mol. The number of benzene rings is 1. The second-order valence-electron chi connectivity index (χ2n) is 4.54. The van der Waals surface area contributed by atoms with E-state index in [0.717, 1.165) is 11.0 Å². The molecule has 0 spiro atoms. The number of hydrogen-bond acceptors (Lipinski definition) is 6. The Balaban J connectivity index is 2.76. The highest BCUT2D eigenvalue weighted by molar-refractivity contribution is 7.83. The van der Waals surface area contributed by atoms with Crippen molar-refractivity contribution in [3.8, 4) is 0 Å². The Morgan fingerprint density at radius 2 is 2.00 bits per heavy atom. The van der Waals surface area contributed by atoms with Gasteiger partial charge in [-0.3, -0.25) is 19.1 Å². The molecule has 1 amide bonds. The van der Waals surface area contributed by atoms with Crippen molar-refractivity contribution < 1.29 is 36.4 Å². The molecule has 1 aromatic carbocycles. The van der Waals surface area contributed by atoms with Crippen molar-refractivity contribution in [3.05, 3.63) is 44.5 Å². The summed E-state index contributed by atoms with van der Waals surface area (Å²) in [6, 6.07) is 1.57. The maximum absolute atomic E-state index is 12.9. The predicted molar refractivity (Wildman–Crippen MR) is 72.7 cm³/mol. The van der Waals surface area contributed by atoms with Crippen LogP contribution in [0.1, 0.15) is 11.1 Å². The van der Waals surface area contributed by atoms with Crippen LogP contribution >= 0.6 is 0 Å². The number of alkyl halides is 3. The highest BCUT2D eigenvalue weighted by atomic mass is 32.2. The number of non-ortho nitro benzene ring substituents is 1. The zero-order valence-corrected chi connectivity index (χ0v) is 12.4. The minimum atomic E-state index is -4.90. The van der Waals surface area contributed by atoms with Crippen LogP contribution in [0.25, 0.3) is 5.70 Å². The summed E-state index contributed by atoms with van der Waals surface area (Å²) in [6.07, 6.45) is -4.70. The fourth-order valence-corrected chi connectivity index (χ4v) is 2.64. The quantitative estimate of drug-likeness (QED) is 0.347. The number of carbonyl (C=O) groups excluding carboxylic acids is 1. The van der Waals surface area contributed by atoms with E-state index in [9.17, 15) is 36.8 Å². The Kier molecular flexibility index (Phi) is 4.89. The Morgan fingerprint density at radius 1 is 1.33 bits per heavy atom. The van der Waals surface area contributed by atoms with Gasteiger partial charge in [0.1, 0.15) is 12.3 Å². The number of halogens is 3. The Morgan fingerprint density at radius 3 is 2.50 bits per heavy atom. The van der Waals surface area contributed by atoms with Crippen LogP contribution < -0.4 is 0 Å². The third-order valence-corrected chi connectivity index (χ3v) is 3.67. The molecule has 1 aromatic rings. The highest BCUT2D eigenvalue weighted by Gasteiger charge is 2.34. The van der Waals surface area contributed by atoms with Crippen LogP contribution in [-0.2, 0) is 26.8 Å². The smallest absolute Gasteiger partial charge is 0.416 e. The Bertz CT molecular complexity index is 749. The Hall–Kier alpha value is -2.47. The number of rotatable bonds is 4. The SMILES string of the molecule is O=CN1CCOC(S(=O)[O-])=C1c1cc([N+](=O)[O-])cc(C(F)(F)F)c1. The van der Waals surface area contributed by atoms with Gasteiger partial charge >= 0.3 is 6.18 Å². The van der Waals surface area contributed by atoms with Crippen LogP contribution in [0.4, 0.5) is 18.9 Å². The third-order valence-electron chi connectivity index (χ3n) is 3.05. The van der Waals surface area contributed by atoms with Crippen molar-refractivity contribution in [3.63, 3.8) is 0 Å². The lowest BCUT2D eigenvalue weighted by atomic mass is 10.1. The lowest BCUT2D eigenvalue weighted by Gasteiger charge is -2.30. The molecule has 1 heterocycles. The van der Waals surface area contributed by atoms with Gasteiger partial charge in [0.05, 0.1) is 17.0 Å². The van der Waals surface area contributed by atoms with E-state index < -0.39 is 49.8 Å². The molecule has 0 radical (unpaired) electrons. The minimum absolute atomic E-state index is 0.121. The summed E-state index contributed by atoms with van der Waals surface area (Å²) < 4.78 is 66.1. The van der Waals surface area contributed by atoms with Crippen LogP contribution in [0, 0.1) is 10.1 Å². The molecule has 0 bridgehead atoms. The molecule has 0 saturated carbocycles. The van der Waals surface area contributed by atoms with Gasteiger partial charge in [0.25, 0.3) is 5.69 Å². The van der Waals surface area contributed by atoms with E-state index in [1.807, 2.05) is 0 Å². The van der Waals surface area contributed by atoms with E-state index in [1.165, 1.54) is 0 Å². The number of nitrogens with zero attached hydrogens (tertiary/aromatic N) is 2. The van der Waals surface area contributed by atoms with Gasteiger partial charge in [-0.1, -0.05) is 0 Å². The molecule has 24 heavy (non-hydrogen) atoms. The highest BCUT2D eigenvalue weighted by Crippen LogP contribution is 2.36. The number of carbonyl (C=O) groups is 1. The van der Waals surface area contributed by atoms with Gasteiger partial charge in [0, 0.05) is 28.8 Å². The largest absolute Gasteiger partial charge is 0.766 e. The summed E-state index contributed by atoms with van der Waals surface area (Å²) in [5.41, 5.74) is -3.22. The van der Waals surface area contributed by atoms with Crippen molar-refractivity contribution in [1.29, 1.82) is 0 Å². The van der Waals surface area contributed by atoms with Crippen LogP contribution in [0.15, 0.2) is 23.3 Å². The molecule has 0 aromatic heterocycles. The van der Waals surface area contributed by atoms with Gasteiger partial charge in [-0.05, 0) is 6.07 Å². The van der Waals surface area contributed by atoms with E-state index in [0.29, 0.717) is 12.1 Å². The first-order valence-corrected chi connectivity index (χ1v) is 7.28. The summed E-state index contributed by atoms with van der Waals surface area (Å²) in [7, 11) is 0. The zero-order valence-electron chi connectivity index (χ0n) is 11.6. The van der Waals surface area contributed by atoms with Crippen LogP contribution in [0.5, 0.6) is 0 Å². The molecule has 1 atom stereocenters. The lowest BCUT2D eigenvalue weighted by Crippen LogP contribution is -2.32. The molecule has 0 aliphatic carbocycles. The molecule has 1 aliphatic rings. The number of hydrogen-bond donors (Lipinski definition) is 0. The van der Waals surface area contributed by atoms with Crippen molar-refractivity contribution in [2.45, 2.75) is 6.18 Å². The normalized spacial score (nSPS) is 16.6. The maximum atomic E-state index is 12.9. The predicted octanol–water partition coefficient (Wildman–Crippen LogP) is 1.61. The first kappa shape index (κ1) is 17.9. The summed E-state index contributed by atoms with van der Waals surface area (Å²) in [5, 5.41) is 10.1. The summed E-state index contributed by atoms with van der Waals surface area (Å²) in [6.45, 7) is -0.309. The summed E-state index contributed by atoms with van der Waals surface area (Å²) >= 11 is -2.99. The van der Waals surface area contributed by atoms with Crippen molar-refractivity contribution in [2.75, 3.05) is 13.2 Å². The van der Waals surface area contributed by atoms with E-state index >= 15 is 0 Å². The molecule has 0 N–H and O–H groups in total. The molecule has 130 valence electrons. The standard InChI is InChI=1S/C12H9F3N2O6S/c13-12(14,15)8-3-7(4-9(5-8)17(19)20)10-11(24(21)22)23-2-1-16(10)6-18/h3-6H,1-2H2,(H,21,22)/p-1. The zero-order chi connectivity index (χ0) is 18.1. The molecule has 8 nitrogen and oxygen atoms in total. The maximum Gasteiger partial charge on any atom is 0.416 e. The second kappa shape index (κ2) is 6.57. The van der Waals surface area contributed by atoms with E-state index in [4.69, 9.17) is 4.74 Å². The number of amides is 1. The molecule has 12 heteroatoms. The van der Waals surface area contributed by atoms with Crippen LogP contribution in [0.3, 0.4) is 0 Å². The topological polar surface area (TPSA) is 113 Å². The van der Waals surface area contributed by atoms with Gasteiger partial charge in [-0.25, -0.2) is 0 Å². The van der Waals surface area contributed by atoms with Crippen LogP contribution in [-0.4, -0.2) is 38.1 Å². The molecule has 1 unspecified atom stereocenters. The van der Waals surface area contributed by atoms with E-state index in [1.54, 1.807) is 0 Å². The first-order valence-electron chi connectivity index (χ1n) is 6.20. The van der Waals surface area contributed by atoms with E-state index in [-0.39, 0.29) is 19.6 Å². The summed E-state index contributed by atoms with van der Waals surface area (Å²) in [4.78, 5) is 21.7. The molecule has 0 saturated heterocycles. The summed E-state index contributed by atoms with van der Waals surface area (Å²) in [5.74, 6) is 0. The Labute approximate surface area is 134 Å². The monoisotopic (exact) mass is 365 g/mol. The fourth-order valence-electron chi connectivity index (χ4n) is 2.07. The fraction of sp³-hybridized carbons (Fsp3) is 0.250. The van der Waals surface area contributed by atoms with Gasteiger partial charge in [-0.15, -0.1) is 0 Å². The molecule has 0 fully saturated rings. The van der Waals surface area contributed by atoms with Gasteiger partial charge in [0.15, 0.2) is 5.09 Å². The van der Waals surface area contributed by atoms with Gasteiger partial charge in [-0.2, -0.15) is 13.2 Å². The van der Waals surface area contributed by atoms with Crippen molar-refractivity contribution in [2.24, 2.45) is 0 Å². The van der Waals surface area contributed by atoms with E-state index in [2.05, 4.69) is 0 Å². The first-order chi connectivity index (χ1) is 11.1. The number of nitro benzene ring substituents is 1. The van der Waals surface area contributed by atoms with Crippen molar-refractivity contribution in [1.82, 2.24) is 4.90 Å². The lowest BCUT2D eigenvalue weighted by molar-refractivity contribution is -0.385. The number of nitro groups is 1. The average Bonchev–Trinajstić information content (AvgIpc) is 2.52. The third kappa shape index (κ3) is 3.54. The van der Waals surface area contributed by atoms with Crippen LogP contribution in [0.2, 0.25) is 0 Å².